The fourth-order valence-electron chi connectivity index (χ4n) is 5.43. The van der Waals surface area contributed by atoms with Gasteiger partial charge in [-0.05, 0) is 84.3 Å². The van der Waals surface area contributed by atoms with Crippen LogP contribution in [0, 0.1) is 5.92 Å². The summed E-state index contributed by atoms with van der Waals surface area (Å²) in [4.78, 5) is 12.6. The lowest BCUT2D eigenvalue weighted by Gasteiger charge is -2.27. The van der Waals surface area contributed by atoms with E-state index in [4.69, 9.17) is 4.74 Å². The molecule has 1 atom stereocenters. The van der Waals surface area contributed by atoms with Crippen LogP contribution < -0.4 is 10.1 Å². The van der Waals surface area contributed by atoms with Gasteiger partial charge in [0.15, 0.2) is 0 Å². The topological polar surface area (TPSA) is 38.3 Å². The second-order valence-electron chi connectivity index (χ2n) is 10.2. The van der Waals surface area contributed by atoms with Crippen LogP contribution in [-0.4, -0.2) is 5.97 Å². The zero-order chi connectivity index (χ0) is 25.3. The molecule has 37 heavy (non-hydrogen) atoms. The minimum atomic E-state index is -0.317. The van der Waals surface area contributed by atoms with E-state index in [2.05, 4.69) is 53.8 Å². The van der Waals surface area contributed by atoms with Gasteiger partial charge >= 0.3 is 5.97 Å². The Morgan fingerprint density at radius 3 is 2.16 bits per heavy atom. The molecule has 0 spiro atoms. The number of rotatable bonds is 9. The van der Waals surface area contributed by atoms with Crippen molar-refractivity contribution < 1.29 is 9.53 Å². The lowest BCUT2D eigenvalue weighted by atomic mass is 9.78. The highest BCUT2D eigenvalue weighted by atomic mass is 16.5. The van der Waals surface area contributed by atoms with Crippen LogP contribution in [0.1, 0.15) is 65.9 Å². The fraction of sp³-hybridized carbons (Fsp3) is 0.265. The molecule has 0 bridgehead atoms. The van der Waals surface area contributed by atoms with Gasteiger partial charge in [-0.3, -0.25) is 0 Å². The summed E-state index contributed by atoms with van der Waals surface area (Å²) in [5, 5.41) is 3.47. The molecule has 0 amide bonds. The van der Waals surface area contributed by atoms with E-state index in [1.54, 1.807) is 12.1 Å². The molecule has 1 N–H and O–H groups in total. The van der Waals surface area contributed by atoms with Crippen molar-refractivity contribution in [1.29, 1.82) is 0 Å². The SMILES string of the molecule is O=C(Oc1cccc(C(Cc2ccc(Nc3ccccc3)cc2)CC2CCCCC2)c1)c1ccccc1. The number of benzene rings is 4. The minimum absolute atomic E-state index is 0.317. The predicted octanol–water partition coefficient (Wildman–Crippen LogP) is 8.95. The zero-order valence-electron chi connectivity index (χ0n) is 21.3. The van der Waals surface area contributed by atoms with E-state index in [-0.39, 0.29) is 5.97 Å². The van der Waals surface area contributed by atoms with Crippen LogP contribution in [0.4, 0.5) is 11.4 Å². The zero-order valence-corrected chi connectivity index (χ0v) is 21.3. The first-order chi connectivity index (χ1) is 18.2. The van der Waals surface area contributed by atoms with Crippen molar-refractivity contribution in [1.82, 2.24) is 0 Å². The number of carbonyl (C=O) groups excluding carboxylic acids is 1. The van der Waals surface area contributed by atoms with E-state index in [0.29, 0.717) is 17.2 Å². The molecule has 0 aromatic heterocycles. The van der Waals surface area contributed by atoms with E-state index in [9.17, 15) is 4.79 Å². The summed E-state index contributed by atoms with van der Waals surface area (Å²) in [6.07, 6.45) is 8.82. The Kier molecular flexibility index (Phi) is 8.32. The van der Waals surface area contributed by atoms with E-state index >= 15 is 0 Å². The monoisotopic (exact) mass is 489 g/mol. The van der Waals surface area contributed by atoms with Crippen LogP contribution in [-0.2, 0) is 6.42 Å². The highest BCUT2D eigenvalue weighted by molar-refractivity contribution is 5.90. The first-order valence-electron chi connectivity index (χ1n) is 13.5. The molecule has 1 saturated carbocycles. The second-order valence-corrected chi connectivity index (χ2v) is 10.2. The maximum atomic E-state index is 12.6. The quantitative estimate of drug-likeness (QED) is 0.188. The van der Waals surface area contributed by atoms with Crippen molar-refractivity contribution >= 4 is 17.3 Å². The molecule has 1 aliphatic rings. The molecule has 5 rings (SSSR count). The van der Waals surface area contributed by atoms with Crippen LogP contribution in [0.15, 0.2) is 109 Å². The lowest BCUT2D eigenvalue weighted by Crippen LogP contribution is -2.14. The van der Waals surface area contributed by atoms with Crippen LogP contribution in [0.3, 0.4) is 0 Å². The Morgan fingerprint density at radius 1 is 0.757 bits per heavy atom. The van der Waals surface area contributed by atoms with Gasteiger partial charge < -0.3 is 10.1 Å². The summed E-state index contributed by atoms with van der Waals surface area (Å²) < 4.78 is 5.76. The molecule has 0 heterocycles. The number of para-hydroxylation sites is 1. The van der Waals surface area contributed by atoms with Crippen molar-refractivity contribution in [3.63, 3.8) is 0 Å². The number of carbonyl (C=O) groups is 1. The van der Waals surface area contributed by atoms with Crippen LogP contribution in [0.25, 0.3) is 0 Å². The fourth-order valence-corrected chi connectivity index (χ4v) is 5.43. The Labute approximate surface area is 220 Å². The van der Waals surface area contributed by atoms with Crippen molar-refractivity contribution in [3.8, 4) is 5.75 Å². The Balaban J connectivity index is 1.32. The van der Waals surface area contributed by atoms with Gasteiger partial charge in [-0.2, -0.15) is 0 Å². The molecular formula is C34H35NO2. The summed E-state index contributed by atoms with van der Waals surface area (Å²) in [6.45, 7) is 0. The third-order valence-corrected chi connectivity index (χ3v) is 7.39. The summed E-state index contributed by atoms with van der Waals surface area (Å²) in [5.41, 5.74) is 5.32. The van der Waals surface area contributed by atoms with Crippen molar-refractivity contribution in [2.24, 2.45) is 5.92 Å². The predicted molar refractivity (Wildman–Crippen MR) is 152 cm³/mol. The molecule has 3 heteroatoms. The Bertz CT molecular complexity index is 1260. The highest BCUT2D eigenvalue weighted by Crippen LogP contribution is 2.36. The normalized spacial score (nSPS) is 14.6. The number of hydrogen-bond donors (Lipinski definition) is 1. The number of hydrogen-bond acceptors (Lipinski definition) is 3. The largest absolute Gasteiger partial charge is 0.423 e. The van der Waals surface area contributed by atoms with Gasteiger partial charge in [0.1, 0.15) is 5.75 Å². The molecule has 0 radical (unpaired) electrons. The molecule has 3 nitrogen and oxygen atoms in total. The van der Waals surface area contributed by atoms with Gasteiger partial charge in [0.2, 0.25) is 0 Å². The third kappa shape index (κ3) is 7.10. The number of anilines is 2. The number of ether oxygens (including phenoxy) is 1. The smallest absolute Gasteiger partial charge is 0.343 e. The molecular weight excluding hydrogens is 454 g/mol. The van der Waals surface area contributed by atoms with Crippen molar-refractivity contribution in [2.45, 2.75) is 50.9 Å². The molecule has 4 aromatic rings. The summed E-state index contributed by atoms with van der Waals surface area (Å²) in [7, 11) is 0. The van der Waals surface area contributed by atoms with Crippen LogP contribution >= 0.6 is 0 Å². The summed E-state index contributed by atoms with van der Waals surface area (Å²) in [6, 6.07) is 36.4. The van der Waals surface area contributed by atoms with Gasteiger partial charge in [-0.15, -0.1) is 0 Å². The first kappa shape index (κ1) is 24.8. The minimum Gasteiger partial charge on any atom is -0.423 e. The average molecular weight is 490 g/mol. The lowest BCUT2D eigenvalue weighted by molar-refractivity contribution is 0.0734. The van der Waals surface area contributed by atoms with Crippen LogP contribution in [0.5, 0.6) is 5.75 Å². The van der Waals surface area contributed by atoms with Gasteiger partial charge in [0, 0.05) is 11.4 Å². The van der Waals surface area contributed by atoms with Gasteiger partial charge in [-0.25, -0.2) is 4.79 Å². The van der Waals surface area contributed by atoms with Crippen LogP contribution in [0.2, 0.25) is 0 Å². The molecule has 0 aliphatic heterocycles. The second kappa shape index (κ2) is 12.4. The van der Waals surface area contributed by atoms with E-state index in [1.807, 2.05) is 48.5 Å². The first-order valence-corrected chi connectivity index (χ1v) is 13.5. The molecule has 4 aromatic carbocycles. The highest BCUT2D eigenvalue weighted by Gasteiger charge is 2.21. The Hall–Kier alpha value is -3.85. The maximum absolute atomic E-state index is 12.6. The molecule has 188 valence electrons. The standard InChI is InChI=1S/C34H35NO2/c36-34(28-13-6-2-7-14-28)37-33-18-10-15-29(25-33)30(23-26-11-4-1-5-12-26)24-27-19-21-32(22-20-27)35-31-16-8-3-9-17-31/h2-3,6-10,13-22,25-26,30,35H,1,4-5,11-12,23-24H2. The summed E-state index contributed by atoms with van der Waals surface area (Å²) in [5.74, 6) is 1.44. The van der Waals surface area contributed by atoms with Gasteiger partial charge in [0.25, 0.3) is 0 Å². The van der Waals surface area contributed by atoms with E-state index in [1.165, 1.54) is 49.7 Å². The van der Waals surface area contributed by atoms with Gasteiger partial charge in [0.05, 0.1) is 5.56 Å². The van der Waals surface area contributed by atoms with Crippen molar-refractivity contribution in [3.05, 3.63) is 126 Å². The van der Waals surface area contributed by atoms with E-state index in [0.717, 1.165) is 23.7 Å². The van der Waals surface area contributed by atoms with Crippen molar-refractivity contribution in [2.75, 3.05) is 5.32 Å². The number of esters is 1. The number of nitrogens with one attached hydrogen (secondary N) is 1. The third-order valence-electron chi connectivity index (χ3n) is 7.39. The van der Waals surface area contributed by atoms with E-state index < -0.39 is 0 Å². The van der Waals surface area contributed by atoms with Gasteiger partial charge in [-0.1, -0.05) is 92.8 Å². The molecule has 1 aliphatic carbocycles. The summed E-state index contributed by atoms with van der Waals surface area (Å²) >= 11 is 0. The maximum Gasteiger partial charge on any atom is 0.343 e. The molecule has 1 fully saturated rings. The average Bonchev–Trinajstić information content (AvgIpc) is 2.95. The molecule has 1 unspecified atom stereocenters. The Morgan fingerprint density at radius 2 is 1.43 bits per heavy atom. The molecule has 0 saturated heterocycles.